The van der Waals surface area contributed by atoms with E-state index in [9.17, 15) is 9.59 Å². The van der Waals surface area contributed by atoms with E-state index in [0.29, 0.717) is 5.69 Å². The molecule has 0 saturated carbocycles. The first kappa shape index (κ1) is 17.5. The molecule has 2 rings (SSSR count). The normalized spacial score (nSPS) is 10.1. The number of benzene rings is 2. The first-order valence-electron chi connectivity index (χ1n) is 7.46. The van der Waals surface area contributed by atoms with Crippen LogP contribution in [0, 0.1) is 0 Å². The topological polar surface area (TPSA) is 67.9 Å². The van der Waals surface area contributed by atoms with Gasteiger partial charge in [0.15, 0.2) is 0 Å². The fourth-order valence-corrected chi connectivity index (χ4v) is 2.02. The molecule has 0 heterocycles. The first-order valence-corrected chi connectivity index (χ1v) is 7.46. The molecule has 0 bridgehead atoms. The summed E-state index contributed by atoms with van der Waals surface area (Å²) in [4.78, 5) is 28.5. The Morgan fingerprint density at radius 3 is 2.46 bits per heavy atom. The molecule has 2 amide bonds. The van der Waals surface area contributed by atoms with Gasteiger partial charge >= 0.3 is 6.09 Å². The van der Waals surface area contributed by atoms with Crippen LogP contribution in [-0.2, 0) is 27.4 Å². The summed E-state index contributed by atoms with van der Waals surface area (Å²) in [5.74, 6) is -0.179. The third-order valence-corrected chi connectivity index (χ3v) is 3.37. The van der Waals surface area contributed by atoms with Gasteiger partial charge in [0.05, 0.1) is 13.5 Å². The molecule has 0 saturated heterocycles. The maximum absolute atomic E-state index is 11.8. The number of ether oxygens (including phenoxy) is 1. The van der Waals surface area contributed by atoms with Crippen LogP contribution in [0.3, 0.4) is 0 Å². The third kappa shape index (κ3) is 5.40. The van der Waals surface area contributed by atoms with Gasteiger partial charge in [0.2, 0.25) is 5.91 Å². The summed E-state index contributed by atoms with van der Waals surface area (Å²) in [6.07, 6.45) is -0.366. The van der Waals surface area contributed by atoms with Gasteiger partial charge in [-0.3, -0.25) is 14.9 Å². The molecule has 0 aromatic heterocycles. The predicted molar refractivity (Wildman–Crippen MR) is 90.2 cm³/mol. The molecule has 0 aliphatic rings. The standard InChI is InChI=1S/C18H20N2O4/c1-20(23-2)17(21)12-15-9-6-10-16(11-15)19-18(22)24-13-14-7-4-3-5-8-14/h3-11H,12-13H2,1-2H3,(H,19,22). The Morgan fingerprint density at radius 1 is 1.04 bits per heavy atom. The van der Waals surface area contributed by atoms with Gasteiger partial charge in [-0.2, -0.15) is 0 Å². The van der Waals surface area contributed by atoms with Crippen LogP contribution in [0.25, 0.3) is 0 Å². The fourth-order valence-electron chi connectivity index (χ4n) is 2.02. The molecule has 0 fully saturated rings. The summed E-state index contributed by atoms with van der Waals surface area (Å²) in [7, 11) is 2.98. The van der Waals surface area contributed by atoms with E-state index in [-0.39, 0.29) is 18.9 Å². The molecule has 0 atom stereocenters. The van der Waals surface area contributed by atoms with Crippen molar-refractivity contribution in [2.24, 2.45) is 0 Å². The number of nitrogens with one attached hydrogen (secondary N) is 1. The van der Waals surface area contributed by atoms with Crippen LogP contribution < -0.4 is 5.32 Å². The van der Waals surface area contributed by atoms with E-state index in [1.807, 2.05) is 36.4 Å². The number of anilines is 1. The zero-order valence-electron chi connectivity index (χ0n) is 13.7. The second-order valence-corrected chi connectivity index (χ2v) is 5.14. The van der Waals surface area contributed by atoms with Gasteiger partial charge < -0.3 is 4.74 Å². The van der Waals surface area contributed by atoms with Gasteiger partial charge in [0, 0.05) is 12.7 Å². The molecular formula is C18H20N2O4. The molecule has 2 aromatic carbocycles. The molecule has 2 aromatic rings. The monoisotopic (exact) mass is 328 g/mol. The lowest BCUT2D eigenvalue weighted by atomic mass is 10.1. The van der Waals surface area contributed by atoms with Crippen LogP contribution in [0.15, 0.2) is 54.6 Å². The smallest absolute Gasteiger partial charge is 0.411 e. The van der Waals surface area contributed by atoms with Crippen molar-refractivity contribution in [3.8, 4) is 0 Å². The summed E-state index contributed by atoms with van der Waals surface area (Å²) >= 11 is 0. The van der Waals surface area contributed by atoms with E-state index >= 15 is 0 Å². The van der Waals surface area contributed by atoms with E-state index in [4.69, 9.17) is 9.57 Å². The zero-order chi connectivity index (χ0) is 17.4. The lowest BCUT2D eigenvalue weighted by Crippen LogP contribution is -2.26. The maximum atomic E-state index is 11.8. The average molecular weight is 328 g/mol. The van der Waals surface area contributed by atoms with Crippen LogP contribution in [0.2, 0.25) is 0 Å². The highest BCUT2D eigenvalue weighted by molar-refractivity contribution is 5.85. The van der Waals surface area contributed by atoms with E-state index in [1.54, 1.807) is 25.2 Å². The Morgan fingerprint density at radius 2 is 1.75 bits per heavy atom. The second kappa shape index (κ2) is 8.69. The van der Waals surface area contributed by atoms with Crippen LogP contribution >= 0.6 is 0 Å². The van der Waals surface area contributed by atoms with Gasteiger partial charge in [-0.05, 0) is 23.3 Å². The largest absolute Gasteiger partial charge is 0.444 e. The number of hydrogen-bond donors (Lipinski definition) is 1. The molecule has 6 nitrogen and oxygen atoms in total. The van der Waals surface area contributed by atoms with Crippen molar-refractivity contribution < 1.29 is 19.2 Å². The number of hydrogen-bond acceptors (Lipinski definition) is 4. The minimum atomic E-state index is -0.545. The molecule has 0 aliphatic heterocycles. The lowest BCUT2D eigenvalue weighted by molar-refractivity contribution is -0.167. The van der Waals surface area contributed by atoms with E-state index < -0.39 is 6.09 Å². The molecule has 126 valence electrons. The highest BCUT2D eigenvalue weighted by atomic mass is 16.7. The van der Waals surface area contributed by atoms with Crippen LogP contribution in [0.1, 0.15) is 11.1 Å². The molecule has 1 N–H and O–H groups in total. The van der Waals surface area contributed by atoms with Crippen LogP contribution in [0.5, 0.6) is 0 Å². The quantitative estimate of drug-likeness (QED) is 0.828. The first-order chi connectivity index (χ1) is 11.6. The Balaban J connectivity index is 1.89. The predicted octanol–water partition coefficient (Wildman–Crippen LogP) is 3.00. The molecule has 0 radical (unpaired) electrons. The third-order valence-electron chi connectivity index (χ3n) is 3.37. The van der Waals surface area contributed by atoms with Crippen LogP contribution in [-0.4, -0.2) is 31.2 Å². The van der Waals surface area contributed by atoms with Gasteiger partial charge in [0.1, 0.15) is 6.61 Å². The number of carbonyl (C=O) groups excluding carboxylic acids is 2. The lowest BCUT2D eigenvalue weighted by Gasteiger charge is -2.14. The minimum Gasteiger partial charge on any atom is -0.444 e. The van der Waals surface area contributed by atoms with Gasteiger partial charge in [-0.15, -0.1) is 0 Å². The summed E-state index contributed by atoms with van der Waals surface area (Å²) in [5.41, 5.74) is 2.25. The highest BCUT2D eigenvalue weighted by Crippen LogP contribution is 2.13. The molecule has 24 heavy (non-hydrogen) atoms. The van der Waals surface area contributed by atoms with Crippen LogP contribution in [0.4, 0.5) is 10.5 Å². The number of nitrogens with zero attached hydrogens (tertiary/aromatic N) is 1. The number of hydroxylamine groups is 2. The van der Waals surface area contributed by atoms with Gasteiger partial charge in [-0.25, -0.2) is 9.86 Å². The zero-order valence-corrected chi connectivity index (χ0v) is 13.7. The van der Waals surface area contributed by atoms with Gasteiger partial charge in [0.25, 0.3) is 0 Å². The minimum absolute atomic E-state index is 0.179. The summed E-state index contributed by atoms with van der Waals surface area (Å²) < 4.78 is 5.16. The maximum Gasteiger partial charge on any atom is 0.411 e. The summed E-state index contributed by atoms with van der Waals surface area (Å²) in [6, 6.07) is 16.5. The van der Waals surface area contributed by atoms with Crippen molar-refractivity contribution in [1.29, 1.82) is 0 Å². The SMILES string of the molecule is CON(C)C(=O)Cc1cccc(NC(=O)OCc2ccccc2)c1. The molecular weight excluding hydrogens is 308 g/mol. The molecule has 0 unspecified atom stereocenters. The van der Waals surface area contributed by atoms with E-state index in [0.717, 1.165) is 16.2 Å². The fraction of sp³-hybridized carbons (Fsp3) is 0.222. The van der Waals surface area contributed by atoms with Crippen molar-refractivity contribution in [2.75, 3.05) is 19.5 Å². The average Bonchev–Trinajstić information content (AvgIpc) is 2.60. The molecule has 6 heteroatoms. The Kier molecular flexibility index (Phi) is 6.33. The van der Waals surface area contributed by atoms with Gasteiger partial charge in [-0.1, -0.05) is 42.5 Å². The number of amides is 2. The Hall–Kier alpha value is -2.86. The van der Waals surface area contributed by atoms with E-state index in [1.165, 1.54) is 7.11 Å². The van der Waals surface area contributed by atoms with Crippen molar-refractivity contribution in [3.05, 3.63) is 65.7 Å². The molecule has 0 spiro atoms. The number of likely N-dealkylation sites (N-methyl/N-ethyl adjacent to an activating group) is 1. The van der Waals surface area contributed by atoms with Crippen molar-refractivity contribution in [2.45, 2.75) is 13.0 Å². The van der Waals surface area contributed by atoms with E-state index in [2.05, 4.69) is 5.32 Å². The number of carbonyl (C=O) groups is 2. The summed E-state index contributed by atoms with van der Waals surface area (Å²) in [6.45, 7) is 0.198. The highest BCUT2D eigenvalue weighted by Gasteiger charge is 2.10. The van der Waals surface area contributed by atoms with Crippen molar-refractivity contribution in [3.63, 3.8) is 0 Å². The Bertz CT molecular complexity index is 688. The van der Waals surface area contributed by atoms with Crippen molar-refractivity contribution >= 4 is 17.7 Å². The second-order valence-electron chi connectivity index (χ2n) is 5.14. The summed E-state index contributed by atoms with van der Waals surface area (Å²) in [5, 5.41) is 3.81. The Labute approximate surface area is 140 Å². The molecule has 0 aliphatic carbocycles. The van der Waals surface area contributed by atoms with Crippen molar-refractivity contribution in [1.82, 2.24) is 5.06 Å². The number of rotatable bonds is 6.